The maximum Gasteiger partial charge on any atom is 0.330 e. The summed E-state index contributed by atoms with van der Waals surface area (Å²) in [6.45, 7) is 10.6. The number of ether oxygens (including phenoxy) is 1. The first-order valence-corrected chi connectivity index (χ1v) is 6.75. The van der Waals surface area contributed by atoms with Crippen molar-refractivity contribution in [3.63, 3.8) is 0 Å². The minimum Gasteiger partial charge on any atom is -0.459 e. The molecule has 0 N–H and O–H groups in total. The number of allylic oxidation sites excluding steroid dienone is 1. The highest BCUT2D eigenvalue weighted by atomic mass is 16.5. The third-order valence-electron chi connectivity index (χ3n) is 3.63. The molecule has 0 aliphatic heterocycles. The summed E-state index contributed by atoms with van der Waals surface area (Å²) in [6, 6.07) is 0. The maximum atomic E-state index is 11.7. The standard InChI is InChI=1S/C15H26O2/c1-10(2)8-15(16)17-14-7-6-12(5)9-13(14)11(3)4/h8,11-14H,6-7,9H2,1-5H3/t12-,13-,14-/m0/s1. The van der Waals surface area contributed by atoms with E-state index in [1.165, 1.54) is 12.8 Å². The van der Waals surface area contributed by atoms with Crippen molar-refractivity contribution in [3.8, 4) is 0 Å². The summed E-state index contributed by atoms with van der Waals surface area (Å²) in [4.78, 5) is 11.7. The maximum absolute atomic E-state index is 11.7. The fourth-order valence-corrected chi connectivity index (χ4v) is 2.66. The minimum atomic E-state index is -0.171. The van der Waals surface area contributed by atoms with E-state index in [2.05, 4.69) is 20.8 Å². The quantitative estimate of drug-likeness (QED) is 0.549. The Labute approximate surface area is 105 Å². The molecule has 0 bridgehead atoms. The molecule has 2 nitrogen and oxygen atoms in total. The average Bonchev–Trinajstić information content (AvgIpc) is 2.19. The van der Waals surface area contributed by atoms with Crippen molar-refractivity contribution in [1.29, 1.82) is 0 Å². The summed E-state index contributed by atoms with van der Waals surface area (Å²) >= 11 is 0. The predicted octanol–water partition coefficient (Wildman–Crippen LogP) is 3.96. The van der Waals surface area contributed by atoms with Gasteiger partial charge in [-0.1, -0.05) is 26.3 Å². The second kappa shape index (κ2) is 6.23. The molecule has 0 radical (unpaired) electrons. The Morgan fingerprint density at radius 1 is 1.29 bits per heavy atom. The summed E-state index contributed by atoms with van der Waals surface area (Å²) < 4.78 is 5.61. The van der Waals surface area contributed by atoms with Crippen LogP contribution >= 0.6 is 0 Å². The molecule has 0 aromatic rings. The van der Waals surface area contributed by atoms with Gasteiger partial charge in [-0.3, -0.25) is 0 Å². The van der Waals surface area contributed by atoms with Gasteiger partial charge < -0.3 is 4.74 Å². The van der Waals surface area contributed by atoms with E-state index >= 15 is 0 Å². The molecule has 0 spiro atoms. The van der Waals surface area contributed by atoms with E-state index in [-0.39, 0.29) is 12.1 Å². The van der Waals surface area contributed by atoms with Gasteiger partial charge in [0.15, 0.2) is 0 Å². The molecule has 98 valence electrons. The fourth-order valence-electron chi connectivity index (χ4n) is 2.66. The van der Waals surface area contributed by atoms with Gasteiger partial charge in [0.05, 0.1) is 0 Å². The van der Waals surface area contributed by atoms with Gasteiger partial charge in [-0.05, 0) is 50.9 Å². The van der Waals surface area contributed by atoms with Gasteiger partial charge in [0.2, 0.25) is 0 Å². The summed E-state index contributed by atoms with van der Waals surface area (Å²) in [5.74, 6) is 1.70. The predicted molar refractivity (Wildman–Crippen MR) is 70.7 cm³/mol. The first-order chi connectivity index (χ1) is 7.90. The van der Waals surface area contributed by atoms with Crippen molar-refractivity contribution >= 4 is 5.97 Å². The van der Waals surface area contributed by atoms with Crippen LogP contribution in [0.5, 0.6) is 0 Å². The monoisotopic (exact) mass is 238 g/mol. The SMILES string of the molecule is CC(C)=CC(=O)O[C@H]1CC[C@H](C)C[C@H]1C(C)C. The lowest BCUT2D eigenvalue weighted by molar-refractivity contribution is -0.149. The fraction of sp³-hybridized carbons (Fsp3) is 0.800. The molecule has 0 saturated heterocycles. The van der Waals surface area contributed by atoms with Crippen LogP contribution in [-0.2, 0) is 9.53 Å². The molecule has 2 heteroatoms. The van der Waals surface area contributed by atoms with Gasteiger partial charge in [-0.25, -0.2) is 4.79 Å². The molecule has 0 heterocycles. The van der Waals surface area contributed by atoms with Crippen LogP contribution in [-0.4, -0.2) is 12.1 Å². The van der Waals surface area contributed by atoms with E-state index in [4.69, 9.17) is 4.74 Å². The molecular weight excluding hydrogens is 212 g/mol. The molecule has 0 amide bonds. The average molecular weight is 238 g/mol. The zero-order valence-corrected chi connectivity index (χ0v) is 11.8. The first-order valence-electron chi connectivity index (χ1n) is 6.75. The van der Waals surface area contributed by atoms with E-state index in [0.29, 0.717) is 11.8 Å². The van der Waals surface area contributed by atoms with Crippen molar-refractivity contribution < 1.29 is 9.53 Å². The number of carbonyl (C=O) groups is 1. The second-order valence-corrected chi connectivity index (χ2v) is 6.02. The molecule has 17 heavy (non-hydrogen) atoms. The molecule has 0 aromatic heterocycles. The Morgan fingerprint density at radius 2 is 1.94 bits per heavy atom. The normalized spacial score (nSPS) is 28.9. The van der Waals surface area contributed by atoms with Crippen LogP contribution in [0.25, 0.3) is 0 Å². The van der Waals surface area contributed by atoms with Crippen LogP contribution in [0.3, 0.4) is 0 Å². The Hall–Kier alpha value is -0.790. The molecule has 1 rings (SSSR count). The summed E-state index contributed by atoms with van der Waals surface area (Å²) in [6.07, 6.45) is 5.09. The lowest BCUT2D eigenvalue weighted by atomic mass is 9.75. The van der Waals surface area contributed by atoms with E-state index in [1.807, 2.05) is 13.8 Å². The molecule has 0 aromatic carbocycles. The number of carbonyl (C=O) groups excluding carboxylic acids is 1. The van der Waals surface area contributed by atoms with Crippen LogP contribution in [0.1, 0.15) is 53.9 Å². The van der Waals surface area contributed by atoms with Crippen molar-refractivity contribution in [2.75, 3.05) is 0 Å². The van der Waals surface area contributed by atoms with Gasteiger partial charge in [0.1, 0.15) is 6.10 Å². The zero-order chi connectivity index (χ0) is 13.0. The third kappa shape index (κ3) is 4.53. The Morgan fingerprint density at radius 3 is 2.47 bits per heavy atom. The molecule has 1 aliphatic rings. The smallest absolute Gasteiger partial charge is 0.330 e. The van der Waals surface area contributed by atoms with Gasteiger partial charge in [-0.2, -0.15) is 0 Å². The summed E-state index contributed by atoms with van der Waals surface area (Å²) in [5, 5.41) is 0. The Bertz CT molecular complexity index is 287. The van der Waals surface area contributed by atoms with Crippen molar-refractivity contribution in [2.24, 2.45) is 17.8 Å². The van der Waals surface area contributed by atoms with Crippen LogP contribution in [0.2, 0.25) is 0 Å². The minimum absolute atomic E-state index is 0.120. The highest BCUT2D eigenvalue weighted by molar-refractivity contribution is 5.82. The zero-order valence-electron chi connectivity index (χ0n) is 11.8. The highest BCUT2D eigenvalue weighted by Gasteiger charge is 2.32. The largest absolute Gasteiger partial charge is 0.459 e. The van der Waals surface area contributed by atoms with E-state index < -0.39 is 0 Å². The Balaban J connectivity index is 2.61. The molecule has 0 unspecified atom stereocenters. The van der Waals surface area contributed by atoms with Crippen LogP contribution in [0.15, 0.2) is 11.6 Å². The second-order valence-electron chi connectivity index (χ2n) is 6.02. The van der Waals surface area contributed by atoms with Gasteiger partial charge in [0.25, 0.3) is 0 Å². The van der Waals surface area contributed by atoms with Gasteiger partial charge >= 0.3 is 5.97 Å². The van der Waals surface area contributed by atoms with E-state index in [0.717, 1.165) is 17.9 Å². The van der Waals surface area contributed by atoms with Crippen molar-refractivity contribution in [2.45, 2.75) is 60.0 Å². The lowest BCUT2D eigenvalue weighted by Gasteiger charge is -2.36. The number of rotatable bonds is 3. The Kier molecular flexibility index (Phi) is 5.23. The van der Waals surface area contributed by atoms with Crippen LogP contribution in [0.4, 0.5) is 0 Å². The third-order valence-corrected chi connectivity index (χ3v) is 3.63. The summed E-state index contributed by atoms with van der Waals surface area (Å²) in [5.41, 5.74) is 1.00. The van der Waals surface area contributed by atoms with Gasteiger partial charge in [0, 0.05) is 6.08 Å². The van der Waals surface area contributed by atoms with Crippen LogP contribution in [0, 0.1) is 17.8 Å². The molecule has 1 fully saturated rings. The van der Waals surface area contributed by atoms with Crippen LogP contribution < -0.4 is 0 Å². The molecule has 1 aliphatic carbocycles. The number of esters is 1. The number of hydrogen-bond donors (Lipinski definition) is 0. The van der Waals surface area contributed by atoms with E-state index in [1.54, 1.807) is 6.08 Å². The number of hydrogen-bond acceptors (Lipinski definition) is 2. The molecule has 1 saturated carbocycles. The van der Waals surface area contributed by atoms with Crippen molar-refractivity contribution in [1.82, 2.24) is 0 Å². The van der Waals surface area contributed by atoms with Crippen molar-refractivity contribution in [3.05, 3.63) is 11.6 Å². The van der Waals surface area contributed by atoms with E-state index in [9.17, 15) is 4.79 Å². The lowest BCUT2D eigenvalue weighted by Crippen LogP contribution is -2.35. The molecular formula is C15H26O2. The highest BCUT2D eigenvalue weighted by Crippen LogP contribution is 2.35. The summed E-state index contributed by atoms with van der Waals surface area (Å²) in [7, 11) is 0. The first kappa shape index (κ1) is 14.3. The van der Waals surface area contributed by atoms with Gasteiger partial charge in [-0.15, -0.1) is 0 Å². The topological polar surface area (TPSA) is 26.3 Å². The molecule has 3 atom stereocenters.